The molecule has 0 saturated heterocycles. The van der Waals surface area contributed by atoms with Gasteiger partial charge >= 0.3 is 0 Å². The van der Waals surface area contributed by atoms with Gasteiger partial charge in [0.2, 0.25) is 6.23 Å². The predicted molar refractivity (Wildman–Crippen MR) is 110 cm³/mol. The van der Waals surface area contributed by atoms with Gasteiger partial charge in [-0.2, -0.15) is 5.10 Å². The van der Waals surface area contributed by atoms with Gasteiger partial charge in [0.05, 0.1) is 17.3 Å². The van der Waals surface area contributed by atoms with Gasteiger partial charge in [-0.3, -0.25) is 0 Å². The van der Waals surface area contributed by atoms with E-state index in [1.807, 2.05) is 47.5 Å². The fourth-order valence-electron chi connectivity index (χ4n) is 3.79. The Bertz CT molecular complexity index is 1090. The molecular weight excluding hydrogens is 395 g/mol. The number of benzene rings is 3. The molecule has 0 spiro atoms. The second-order valence-electron chi connectivity index (χ2n) is 6.87. The van der Waals surface area contributed by atoms with Crippen LogP contribution in [-0.4, -0.2) is 15.8 Å². The number of rotatable bonds is 2. The Balaban J connectivity index is 1.64. The van der Waals surface area contributed by atoms with Gasteiger partial charge in [0.25, 0.3) is 0 Å². The molecule has 3 aromatic rings. The van der Waals surface area contributed by atoms with E-state index in [0.717, 1.165) is 29.0 Å². The van der Waals surface area contributed by atoms with Crippen LogP contribution in [0.2, 0.25) is 10.0 Å². The summed E-state index contributed by atoms with van der Waals surface area (Å²) in [5, 5.41) is 18.4. The van der Waals surface area contributed by atoms with E-state index < -0.39 is 6.23 Å². The minimum atomic E-state index is -0.585. The maximum absolute atomic E-state index is 10.4. The highest BCUT2D eigenvalue weighted by Gasteiger charge is 2.42. The number of phenolic OH excluding ortho intramolecular Hbond substituents is 1. The molecule has 0 bridgehead atoms. The van der Waals surface area contributed by atoms with Crippen molar-refractivity contribution in [3.8, 4) is 11.5 Å². The van der Waals surface area contributed by atoms with E-state index >= 15 is 0 Å². The lowest BCUT2D eigenvalue weighted by molar-refractivity contribution is -0.0203. The first kappa shape index (κ1) is 17.4. The Morgan fingerprint density at radius 2 is 1.64 bits per heavy atom. The standard InChI is InChI=1S/C22H16Cl2N2O2/c23-14-6-8-20(27)17(11-14)22-26-19(16-10-15(24)7-9-21(16)28-22)12-18(25-26)13-4-2-1-3-5-13/h1-11,19,22,27H,12H2. The van der Waals surface area contributed by atoms with E-state index in [1.165, 1.54) is 0 Å². The minimum Gasteiger partial charge on any atom is -0.507 e. The molecule has 2 aliphatic rings. The van der Waals surface area contributed by atoms with Crippen LogP contribution in [0.4, 0.5) is 0 Å². The number of aromatic hydroxyl groups is 1. The summed E-state index contributed by atoms with van der Waals surface area (Å²) in [7, 11) is 0. The summed E-state index contributed by atoms with van der Waals surface area (Å²) in [5.74, 6) is 0.855. The quantitative estimate of drug-likeness (QED) is 0.568. The molecule has 1 N–H and O–H groups in total. The lowest BCUT2D eigenvalue weighted by Gasteiger charge is -2.38. The first-order valence-electron chi connectivity index (χ1n) is 8.96. The molecule has 6 heteroatoms. The third-order valence-corrected chi connectivity index (χ3v) is 5.58. The van der Waals surface area contributed by atoms with Crippen molar-refractivity contribution in [2.45, 2.75) is 18.7 Å². The topological polar surface area (TPSA) is 45.1 Å². The first-order valence-corrected chi connectivity index (χ1v) is 9.71. The highest BCUT2D eigenvalue weighted by molar-refractivity contribution is 6.31. The fourth-order valence-corrected chi connectivity index (χ4v) is 4.15. The van der Waals surface area contributed by atoms with Crippen LogP contribution in [-0.2, 0) is 0 Å². The lowest BCUT2D eigenvalue weighted by atomic mass is 9.96. The molecule has 0 amide bonds. The minimum absolute atomic E-state index is 0.0407. The Morgan fingerprint density at radius 1 is 0.929 bits per heavy atom. The lowest BCUT2D eigenvalue weighted by Crippen LogP contribution is -2.33. The summed E-state index contributed by atoms with van der Waals surface area (Å²) < 4.78 is 6.25. The molecule has 4 nitrogen and oxygen atoms in total. The average molecular weight is 411 g/mol. The average Bonchev–Trinajstić information content (AvgIpc) is 3.16. The van der Waals surface area contributed by atoms with Crippen LogP contribution in [0.5, 0.6) is 11.5 Å². The Morgan fingerprint density at radius 3 is 2.43 bits per heavy atom. The number of phenols is 1. The number of ether oxygens (including phenoxy) is 1. The number of hydrazone groups is 1. The molecule has 5 rings (SSSR count). The summed E-state index contributed by atoms with van der Waals surface area (Å²) in [6.45, 7) is 0. The molecule has 2 atom stereocenters. The molecule has 0 saturated carbocycles. The van der Waals surface area contributed by atoms with E-state index in [4.69, 9.17) is 33.0 Å². The third-order valence-electron chi connectivity index (χ3n) is 5.11. The van der Waals surface area contributed by atoms with Crippen LogP contribution in [0.3, 0.4) is 0 Å². The van der Waals surface area contributed by atoms with Gasteiger partial charge in [-0.1, -0.05) is 53.5 Å². The normalized spacial score (nSPS) is 20.2. The van der Waals surface area contributed by atoms with Crippen LogP contribution < -0.4 is 4.74 Å². The Hall–Kier alpha value is -2.69. The van der Waals surface area contributed by atoms with E-state index in [1.54, 1.807) is 24.3 Å². The molecule has 2 heterocycles. The second kappa shape index (κ2) is 6.73. The molecule has 2 unspecified atom stereocenters. The number of halogens is 2. The summed E-state index contributed by atoms with van der Waals surface area (Å²) in [5.41, 5.74) is 3.60. The smallest absolute Gasteiger partial charge is 0.217 e. The molecular formula is C22H16Cl2N2O2. The van der Waals surface area contributed by atoms with Crippen molar-refractivity contribution in [3.05, 3.63) is 93.5 Å². The van der Waals surface area contributed by atoms with Gasteiger partial charge in [-0.05, 0) is 42.0 Å². The zero-order chi connectivity index (χ0) is 19.3. The van der Waals surface area contributed by atoms with Gasteiger partial charge in [0.1, 0.15) is 11.5 Å². The van der Waals surface area contributed by atoms with Gasteiger partial charge < -0.3 is 9.84 Å². The number of hydrogen-bond donors (Lipinski definition) is 1. The van der Waals surface area contributed by atoms with E-state index in [-0.39, 0.29) is 11.8 Å². The number of fused-ring (bicyclic) bond motifs is 3. The zero-order valence-electron chi connectivity index (χ0n) is 14.7. The fraction of sp³-hybridized carbons (Fsp3) is 0.136. The second-order valence-corrected chi connectivity index (χ2v) is 7.74. The molecule has 0 aromatic heterocycles. The van der Waals surface area contributed by atoms with Gasteiger partial charge in [-0.25, -0.2) is 5.01 Å². The molecule has 3 aromatic carbocycles. The van der Waals surface area contributed by atoms with Crippen LogP contribution in [0.15, 0.2) is 71.8 Å². The number of hydrogen-bond acceptors (Lipinski definition) is 4. The van der Waals surface area contributed by atoms with Crippen LogP contribution in [0.25, 0.3) is 0 Å². The van der Waals surface area contributed by atoms with Crippen molar-refractivity contribution in [2.75, 3.05) is 0 Å². The van der Waals surface area contributed by atoms with Crippen molar-refractivity contribution in [1.29, 1.82) is 0 Å². The number of nitrogens with zero attached hydrogens (tertiary/aromatic N) is 2. The summed E-state index contributed by atoms with van der Waals surface area (Å²) in [6.07, 6.45) is 0.136. The Labute approximate surface area is 172 Å². The zero-order valence-corrected chi connectivity index (χ0v) is 16.2. The van der Waals surface area contributed by atoms with Gasteiger partial charge in [0.15, 0.2) is 0 Å². The van der Waals surface area contributed by atoms with E-state index in [2.05, 4.69) is 0 Å². The van der Waals surface area contributed by atoms with Crippen LogP contribution in [0.1, 0.15) is 35.4 Å². The third kappa shape index (κ3) is 2.89. The summed E-state index contributed by atoms with van der Waals surface area (Å²) >= 11 is 12.4. The first-order chi connectivity index (χ1) is 13.6. The van der Waals surface area contributed by atoms with Crippen molar-refractivity contribution in [1.82, 2.24) is 5.01 Å². The molecule has 2 aliphatic heterocycles. The molecule has 0 fully saturated rings. The molecule has 0 aliphatic carbocycles. The maximum Gasteiger partial charge on any atom is 0.217 e. The van der Waals surface area contributed by atoms with Crippen molar-refractivity contribution < 1.29 is 9.84 Å². The van der Waals surface area contributed by atoms with Gasteiger partial charge in [-0.15, -0.1) is 0 Å². The van der Waals surface area contributed by atoms with Gasteiger partial charge in [0, 0.05) is 22.0 Å². The monoisotopic (exact) mass is 410 g/mol. The highest BCUT2D eigenvalue weighted by Crippen LogP contribution is 2.49. The predicted octanol–water partition coefficient (Wildman–Crippen LogP) is 5.94. The van der Waals surface area contributed by atoms with Crippen molar-refractivity contribution in [2.24, 2.45) is 5.10 Å². The summed E-state index contributed by atoms with van der Waals surface area (Å²) in [4.78, 5) is 0. The SMILES string of the molecule is Oc1ccc(Cl)cc1C1Oc2ccc(Cl)cc2C2CC(c3ccccc3)=NN21. The largest absolute Gasteiger partial charge is 0.507 e. The molecule has 28 heavy (non-hydrogen) atoms. The molecule has 0 radical (unpaired) electrons. The van der Waals surface area contributed by atoms with E-state index in [0.29, 0.717) is 15.6 Å². The van der Waals surface area contributed by atoms with Crippen LogP contribution >= 0.6 is 23.2 Å². The Kier molecular flexibility index (Phi) is 4.18. The summed E-state index contributed by atoms with van der Waals surface area (Å²) in [6, 6.07) is 20.6. The maximum atomic E-state index is 10.4. The van der Waals surface area contributed by atoms with E-state index in [9.17, 15) is 5.11 Å². The highest BCUT2D eigenvalue weighted by atomic mass is 35.5. The van der Waals surface area contributed by atoms with Crippen LogP contribution in [0, 0.1) is 0 Å². The molecule has 140 valence electrons. The van der Waals surface area contributed by atoms with Crippen molar-refractivity contribution in [3.63, 3.8) is 0 Å². The van der Waals surface area contributed by atoms with Crippen molar-refractivity contribution >= 4 is 28.9 Å².